The van der Waals surface area contributed by atoms with E-state index in [1.165, 1.54) is 29.5 Å². The average Bonchev–Trinajstić information content (AvgIpc) is 3.40. The molecule has 0 amide bonds. The summed E-state index contributed by atoms with van der Waals surface area (Å²) in [5, 5.41) is 42.1. The van der Waals surface area contributed by atoms with Crippen LogP contribution in [-0.2, 0) is 0 Å². The molecule has 39 heavy (non-hydrogen) atoms. The molecule has 9 nitrogen and oxygen atoms in total. The number of hydrogen-bond donors (Lipinski definition) is 2. The highest BCUT2D eigenvalue weighted by atomic mass is 32.1. The van der Waals surface area contributed by atoms with Crippen LogP contribution in [0.2, 0.25) is 0 Å². The van der Waals surface area contributed by atoms with Gasteiger partial charge in [-0.15, -0.1) is 10.2 Å². The SMILES string of the molecule is COc1ccc(-c2nn(-c3ccccc3)c(=NN=C(C)c3ccc(N=Nc4ccc(O)cc4O)cc3)s2)cc1. The van der Waals surface area contributed by atoms with Gasteiger partial charge in [-0.2, -0.15) is 15.3 Å². The topological polar surface area (TPSA) is 117 Å². The minimum absolute atomic E-state index is 0.0412. The molecule has 5 rings (SSSR count). The summed E-state index contributed by atoms with van der Waals surface area (Å²) in [4.78, 5) is 0.630. The van der Waals surface area contributed by atoms with Crippen LogP contribution < -0.4 is 9.54 Å². The predicted molar refractivity (Wildman–Crippen MR) is 152 cm³/mol. The molecule has 4 aromatic carbocycles. The number of aromatic hydroxyl groups is 2. The summed E-state index contributed by atoms with van der Waals surface area (Å²) in [7, 11) is 1.64. The van der Waals surface area contributed by atoms with Crippen LogP contribution in [0.5, 0.6) is 17.2 Å². The summed E-state index contributed by atoms with van der Waals surface area (Å²) in [5.41, 5.74) is 4.29. The van der Waals surface area contributed by atoms with E-state index in [-0.39, 0.29) is 17.2 Å². The van der Waals surface area contributed by atoms with Gasteiger partial charge in [0.25, 0.3) is 0 Å². The summed E-state index contributed by atoms with van der Waals surface area (Å²) < 4.78 is 7.05. The lowest BCUT2D eigenvalue weighted by molar-refractivity contribution is 0.415. The Labute approximate surface area is 228 Å². The van der Waals surface area contributed by atoms with Crippen molar-refractivity contribution in [2.24, 2.45) is 20.4 Å². The van der Waals surface area contributed by atoms with Gasteiger partial charge in [0.05, 0.1) is 24.2 Å². The first-order chi connectivity index (χ1) is 19.0. The van der Waals surface area contributed by atoms with Gasteiger partial charge in [-0.3, -0.25) is 0 Å². The highest BCUT2D eigenvalue weighted by Crippen LogP contribution is 2.31. The third-order valence-corrected chi connectivity index (χ3v) is 6.65. The fourth-order valence-electron chi connectivity index (χ4n) is 3.59. The Hall–Kier alpha value is -5.09. The van der Waals surface area contributed by atoms with Crippen molar-refractivity contribution in [2.45, 2.75) is 6.92 Å². The molecule has 0 atom stereocenters. The quantitative estimate of drug-likeness (QED) is 0.136. The molecule has 0 aliphatic carbocycles. The molecule has 0 radical (unpaired) electrons. The van der Waals surface area contributed by atoms with Gasteiger partial charge >= 0.3 is 0 Å². The summed E-state index contributed by atoms with van der Waals surface area (Å²) in [6.07, 6.45) is 0. The molecule has 2 N–H and O–H groups in total. The molecule has 0 saturated heterocycles. The Bertz CT molecular complexity index is 1710. The van der Waals surface area contributed by atoms with Gasteiger partial charge in [0.2, 0.25) is 4.80 Å². The van der Waals surface area contributed by atoms with Gasteiger partial charge in [0.1, 0.15) is 27.9 Å². The van der Waals surface area contributed by atoms with E-state index in [9.17, 15) is 10.2 Å². The standard InChI is InChI=1S/C29H24N6O3S/c1-19(20-8-12-22(13-9-20)31-32-26-17-14-24(36)18-27(26)37)30-33-29-35(23-6-4-3-5-7-23)34-28(39-29)21-10-15-25(38-2)16-11-21/h3-18,36-37H,1-2H3. The van der Waals surface area contributed by atoms with Gasteiger partial charge in [-0.1, -0.05) is 41.7 Å². The van der Waals surface area contributed by atoms with E-state index in [1.54, 1.807) is 23.9 Å². The van der Waals surface area contributed by atoms with Crippen LogP contribution >= 0.6 is 11.3 Å². The highest BCUT2D eigenvalue weighted by molar-refractivity contribution is 7.12. The van der Waals surface area contributed by atoms with Crippen LogP contribution in [0.25, 0.3) is 16.3 Å². The molecule has 1 aromatic heterocycles. The van der Waals surface area contributed by atoms with Crippen molar-refractivity contribution in [3.63, 3.8) is 0 Å². The molecule has 1 heterocycles. The molecule has 0 aliphatic heterocycles. The predicted octanol–water partition coefficient (Wildman–Crippen LogP) is 6.76. The molecule has 0 bridgehead atoms. The Morgan fingerprint density at radius 3 is 2.31 bits per heavy atom. The maximum Gasteiger partial charge on any atom is 0.233 e. The molecule has 10 heteroatoms. The molecule has 194 valence electrons. The minimum atomic E-state index is -0.147. The van der Waals surface area contributed by atoms with Crippen LogP contribution in [0.4, 0.5) is 11.4 Å². The molecular weight excluding hydrogens is 512 g/mol. The fourth-order valence-corrected chi connectivity index (χ4v) is 4.45. The minimum Gasteiger partial charge on any atom is -0.508 e. The van der Waals surface area contributed by atoms with Gasteiger partial charge < -0.3 is 14.9 Å². The summed E-state index contributed by atoms with van der Waals surface area (Å²) in [6.45, 7) is 1.88. The number of ether oxygens (including phenoxy) is 1. The average molecular weight is 537 g/mol. The maximum absolute atomic E-state index is 9.87. The van der Waals surface area contributed by atoms with Gasteiger partial charge in [0.15, 0.2) is 0 Å². The monoisotopic (exact) mass is 536 g/mol. The second-order valence-electron chi connectivity index (χ2n) is 8.37. The number of para-hydroxylation sites is 1. The zero-order valence-electron chi connectivity index (χ0n) is 21.1. The van der Waals surface area contributed by atoms with E-state index >= 15 is 0 Å². The maximum atomic E-state index is 9.87. The molecular formula is C29H24N6O3S. The van der Waals surface area contributed by atoms with Crippen LogP contribution in [0.15, 0.2) is 117 Å². The molecule has 0 fully saturated rings. The largest absolute Gasteiger partial charge is 0.508 e. The lowest BCUT2D eigenvalue weighted by Crippen LogP contribution is -2.14. The van der Waals surface area contributed by atoms with Crippen molar-refractivity contribution in [3.8, 4) is 33.5 Å². The first kappa shape index (κ1) is 25.6. The number of benzene rings is 4. The van der Waals surface area contributed by atoms with Crippen LogP contribution in [-0.4, -0.2) is 32.8 Å². The number of methoxy groups -OCH3 is 1. The lowest BCUT2D eigenvalue weighted by Gasteiger charge is -2.01. The Morgan fingerprint density at radius 1 is 0.872 bits per heavy atom. The summed E-state index contributed by atoms with van der Waals surface area (Å²) in [6, 6.07) is 29.0. The van der Waals surface area contributed by atoms with Crippen molar-refractivity contribution in [3.05, 3.63) is 107 Å². The van der Waals surface area contributed by atoms with Crippen LogP contribution in [0, 0.1) is 0 Å². The van der Waals surface area contributed by atoms with Crippen molar-refractivity contribution in [1.29, 1.82) is 0 Å². The van der Waals surface area contributed by atoms with Crippen molar-refractivity contribution in [1.82, 2.24) is 9.78 Å². The third kappa shape index (κ3) is 6.08. The van der Waals surface area contributed by atoms with Crippen molar-refractivity contribution >= 4 is 28.4 Å². The van der Waals surface area contributed by atoms with E-state index in [0.29, 0.717) is 16.2 Å². The molecule has 0 unspecified atom stereocenters. The fraction of sp³-hybridized carbons (Fsp3) is 0.0690. The van der Waals surface area contributed by atoms with E-state index in [4.69, 9.17) is 9.84 Å². The normalized spacial score (nSPS) is 12.3. The molecule has 0 saturated carbocycles. The van der Waals surface area contributed by atoms with Crippen LogP contribution in [0.1, 0.15) is 12.5 Å². The summed E-state index contributed by atoms with van der Waals surface area (Å²) >= 11 is 1.44. The summed E-state index contributed by atoms with van der Waals surface area (Å²) in [5.74, 6) is 0.592. The van der Waals surface area contributed by atoms with E-state index in [2.05, 4.69) is 20.4 Å². The molecule has 0 aliphatic rings. The molecule has 5 aromatic rings. The number of aromatic nitrogens is 2. The number of phenolic OH excluding ortho intramolecular Hbond substituents is 2. The Morgan fingerprint density at radius 2 is 1.62 bits per heavy atom. The number of nitrogens with zero attached hydrogens (tertiary/aromatic N) is 6. The first-order valence-electron chi connectivity index (χ1n) is 11.9. The van der Waals surface area contributed by atoms with Gasteiger partial charge in [-0.05, 0) is 73.2 Å². The van der Waals surface area contributed by atoms with Crippen molar-refractivity contribution in [2.75, 3.05) is 7.11 Å². The van der Waals surface area contributed by atoms with E-state index in [0.717, 1.165) is 27.6 Å². The highest BCUT2D eigenvalue weighted by Gasteiger charge is 2.10. The number of rotatable bonds is 7. The van der Waals surface area contributed by atoms with Gasteiger partial charge in [0, 0.05) is 11.6 Å². The third-order valence-electron chi connectivity index (χ3n) is 5.70. The number of azo groups is 1. The number of hydrogen-bond acceptors (Lipinski definition) is 9. The lowest BCUT2D eigenvalue weighted by atomic mass is 10.1. The number of phenols is 2. The smallest absolute Gasteiger partial charge is 0.233 e. The van der Waals surface area contributed by atoms with E-state index < -0.39 is 0 Å². The second-order valence-corrected chi connectivity index (χ2v) is 9.33. The zero-order chi connectivity index (χ0) is 27.2. The van der Waals surface area contributed by atoms with E-state index in [1.807, 2.05) is 73.7 Å². The second kappa shape index (κ2) is 11.5. The van der Waals surface area contributed by atoms with Crippen molar-refractivity contribution < 1.29 is 14.9 Å². The zero-order valence-corrected chi connectivity index (χ0v) is 21.9. The van der Waals surface area contributed by atoms with Gasteiger partial charge in [-0.25, -0.2) is 4.68 Å². The Kier molecular flexibility index (Phi) is 7.56. The molecule has 0 spiro atoms. The Balaban J connectivity index is 1.42. The first-order valence-corrected chi connectivity index (χ1v) is 12.7. The van der Waals surface area contributed by atoms with Crippen LogP contribution in [0.3, 0.4) is 0 Å².